The fourth-order valence-electron chi connectivity index (χ4n) is 1.79. The van der Waals surface area contributed by atoms with Gasteiger partial charge < -0.3 is 14.8 Å². The number of carboxylic acids is 1. The molecule has 5 nitrogen and oxygen atoms in total. The largest absolute Gasteiger partial charge is 0.480 e. The number of carbonyl (C=O) groups is 2. The molecule has 0 spiro atoms. The Morgan fingerprint density at radius 3 is 2.39 bits per heavy atom. The number of carboxylic acid groups (broad SMARTS) is 1. The van der Waals surface area contributed by atoms with Crippen LogP contribution < -0.4 is 5.32 Å². The highest BCUT2D eigenvalue weighted by atomic mass is 16.4. The van der Waals surface area contributed by atoms with Crippen LogP contribution in [0.25, 0.3) is 0 Å². The van der Waals surface area contributed by atoms with Crippen molar-refractivity contribution in [2.45, 2.75) is 40.2 Å². The molecule has 1 heterocycles. The molecule has 0 aliphatic heterocycles. The lowest BCUT2D eigenvalue weighted by Crippen LogP contribution is -2.41. The van der Waals surface area contributed by atoms with E-state index in [9.17, 15) is 9.59 Å². The van der Waals surface area contributed by atoms with Crippen LogP contribution in [0.3, 0.4) is 0 Å². The third-order valence-electron chi connectivity index (χ3n) is 2.60. The van der Waals surface area contributed by atoms with Crippen LogP contribution in [0, 0.1) is 19.8 Å². The second-order valence-corrected chi connectivity index (χ2v) is 4.82. The van der Waals surface area contributed by atoms with Crippen LogP contribution in [0.1, 0.15) is 42.1 Å². The van der Waals surface area contributed by atoms with Gasteiger partial charge in [0.1, 0.15) is 17.6 Å². The number of carbonyl (C=O) groups excluding carboxylic acids is 1. The van der Waals surface area contributed by atoms with Crippen molar-refractivity contribution in [3.05, 3.63) is 23.2 Å². The normalized spacial score (nSPS) is 12.5. The molecule has 2 N–H and O–H groups in total. The number of aryl methyl sites for hydroxylation is 2. The van der Waals surface area contributed by atoms with Crippen LogP contribution in [0.4, 0.5) is 0 Å². The van der Waals surface area contributed by atoms with Crippen molar-refractivity contribution in [2.75, 3.05) is 0 Å². The molecule has 1 amide bonds. The highest BCUT2D eigenvalue weighted by molar-refractivity contribution is 5.97. The van der Waals surface area contributed by atoms with Gasteiger partial charge in [-0.2, -0.15) is 0 Å². The Morgan fingerprint density at radius 1 is 1.39 bits per heavy atom. The zero-order valence-electron chi connectivity index (χ0n) is 11.1. The van der Waals surface area contributed by atoms with Crippen molar-refractivity contribution >= 4 is 11.9 Å². The van der Waals surface area contributed by atoms with E-state index in [0.29, 0.717) is 23.5 Å². The zero-order chi connectivity index (χ0) is 13.9. The smallest absolute Gasteiger partial charge is 0.326 e. The van der Waals surface area contributed by atoms with Gasteiger partial charge in [0, 0.05) is 0 Å². The summed E-state index contributed by atoms with van der Waals surface area (Å²) in [4.78, 5) is 23.0. The van der Waals surface area contributed by atoms with Gasteiger partial charge in [-0.25, -0.2) is 4.79 Å². The predicted octanol–water partition coefficient (Wildman–Crippen LogP) is 2.13. The summed E-state index contributed by atoms with van der Waals surface area (Å²) in [6.45, 7) is 7.25. The molecule has 18 heavy (non-hydrogen) atoms. The summed E-state index contributed by atoms with van der Waals surface area (Å²) in [5.41, 5.74) is 0.391. The lowest BCUT2D eigenvalue weighted by molar-refractivity contribution is -0.139. The van der Waals surface area contributed by atoms with Gasteiger partial charge in [-0.15, -0.1) is 0 Å². The number of hydrogen-bond acceptors (Lipinski definition) is 3. The van der Waals surface area contributed by atoms with E-state index in [-0.39, 0.29) is 5.92 Å². The molecule has 1 aromatic rings. The van der Waals surface area contributed by atoms with Gasteiger partial charge in [-0.1, -0.05) is 13.8 Å². The van der Waals surface area contributed by atoms with Gasteiger partial charge in [0.15, 0.2) is 0 Å². The van der Waals surface area contributed by atoms with Crippen LogP contribution in [0.5, 0.6) is 0 Å². The summed E-state index contributed by atoms with van der Waals surface area (Å²) < 4.78 is 5.25. The molecule has 0 aliphatic rings. The van der Waals surface area contributed by atoms with Gasteiger partial charge >= 0.3 is 5.97 Å². The third kappa shape index (κ3) is 3.61. The van der Waals surface area contributed by atoms with Crippen LogP contribution in [-0.2, 0) is 4.79 Å². The second-order valence-electron chi connectivity index (χ2n) is 4.82. The van der Waals surface area contributed by atoms with Crippen molar-refractivity contribution in [1.82, 2.24) is 5.32 Å². The summed E-state index contributed by atoms with van der Waals surface area (Å²) in [6.07, 6.45) is 0.400. The second kappa shape index (κ2) is 5.71. The first-order valence-electron chi connectivity index (χ1n) is 5.92. The number of hydrogen-bond donors (Lipinski definition) is 2. The first-order chi connectivity index (χ1) is 8.31. The highest BCUT2D eigenvalue weighted by Crippen LogP contribution is 2.14. The Kier molecular flexibility index (Phi) is 4.53. The summed E-state index contributed by atoms with van der Waals surface area (Å²) >= 11 is 0. The number of nitrogens with one attached hydrogen (secondary N) is 1. The van der Waals surface area contributed by atoms with Gasteiger partial charge in [-0.3, -0.25) is 4.79 Å². The maximum atomic E-state index is 11.9. The van der Waals surface area contributed by atoms with Crippen LogP contribution in [-0.4, -0.2) is 23.0 Å². The van der Waals surface area contributed by atoms with Crippen LogP contribution in [0.2, 0.25) is 0 Å². The Bertz CT molecular complexity index is 448. The van der Waals surface area contributed by atoms with Crippen molar-refractivity contribution in [2.24, 2.45) is 5.92 Å². The number of furan rings is 1. The minimum atomic E-state index is -1.02. The topological polar surface area (TPSA) is 79.5 Å². The maximum absolute atomic E-state index is 11.9. The van der Waals surface area contributed by atoms with Crippen LogP contribution >= 0.6 is 0 Å². The molecule has 5 heteroatoms. The molecular formula is C13H19NO4. The van der Waals surface area contributed by atoms with Gasteiger partial charge in [0.25, 0.3) is 5.91 Å². The molecule has 1 rings (SSSR count). The highest BCUT2D eigenvalue weighted by Gasteiger charge is 2.23. The molecule has 0 bridgehead atoms. The van der Waals surface area contributed by atoms with Crippen molar-refractivity contribution in [3.8, 4) is 0 Å². The van der Waals surface area contributed by atoms with Gasteiger partial charge in [0.2, 0.25) is 0 Å². The first kappa shape index (κ1) is 14.3. The number of amides is 1. The van der Waals surface area contributed by atoms with E-state index in [2.05, 4.69) is 5.32 Å². The molecule has 0 aromatic carbocycles. The molecule has 1 unspecified atom stereocenters. The Balaban J connectivity index is 2.78. The van der Waals surface area contributed by atoms with E-state index in [1.54, 1.807) is 19.9 Å². The number of rotatable bonds is 5. The van der Waals surface area contributed by atoms with E-state index in [1.807, 2.05) is 13.8 Å². The van der Waals surface area contributed by atoms with Gasteiger partial charge in [-0.05, 0) is 32.3 Å². The van der Waals surface area contributed by atoms with Gasteiger partial charge in [0.05, 0.1) is 5.56 Å². The van der Waals surface area contributed by atoms with E-state index in [1.165, 1.54) is 0 Å². The summed E-state index contributed by atoms with van der Waals surface area (Å²) in [5.74, 6) is -0.0991. The Hall–Kier alpha value is -1.78. The van der Waals surface area contributed by atoms with Crippen molar-refractivity contribution in [1.29, 1.82) is 0 Å². The first-order valence-corrected chi connectivity index (χ1v) is 5.92. The fraction of sp³-hybridized carbons (Fsp3) is 0.538. The Labute approximate surface area is 106 Å². The molecule has 1 aromatic heterocycles. The maximum Gasteiger partial charge on any atom is 0.326 e. The fourth-order valence-corrected chi connectivity index (χ4v) is 1.79. The third-order valence-corrected chi connectivity index (χ3v) is 2.60. The molecular weight excluding hydrogens is 234 g/mol. The molecule has 0 fully saturated rings. The molecule has 0 saturated heterocycles. The molecule has 0 radical (unpaired) electrons. The lowest BCUT2D eigenvalue weighted by atomic mass is 10.0. The standard InChI is InChI=1S/C13H19NO4/c1-7(2)5-11(13(16)17)14-12(15)10-6-8(3)18-9(10)4/h6-7,11H,5H2,1-4H3,(H,14,15)(H,16,17). The predicted molar refractivity (Wildman–Crippen MR) is 66.5 cm³/mol. The number of aliphatic carboxylic acids is 1. The van der Waals surface area contributed by atoms with Crippen molar-refractivity contribution in [3.63, 3.8) is 0 Å². The molecule has 0 saturated carbocycles. The quantitative estimate of drug-likeness (QED) is 0.842. The van der Waals surface area contributed by atoms with E-state index >= 15 is 0 Å². The van der Waals surface area contributed by atoms with E-state index in [0.717, 1.165) is 0 Å². The van der Waals surface area contributed by atoms with Crippen LogP contribution in [0.15, 0.2) is 10.5 Å². The molecule has 100 valence electrons. The lowest BCUT2D eigenvalue weighted by Gasteiger charge is -2.16. The van der Waals surface area contributed by atoms with E-state index < -0.39 is 17.9 Å². The van der Waals surface area contributed by atoms with E-state index in [4.69, 9.17) is 9.52 Å². The SMILES string of the molecule is Cc1cc(C(=O)NC(CC(C)C)C(=O)O)c(C)o1. The Morgan fingerprint density at radius 2 is 2.00 bits per heavy atom. The average molecular weight is 253 g/mol. The zero-order valence-corrected chi connectivity index (χ0v) is 11.1. The minimum Gasteiger partial charge on any atom is -0.480 e. The average Bonchev–Trinajstić information content (AvgIpc) is 2.56. The molecule has 0 aliphatic carbocycles. The monoisotopic (exact) mass is 253 g/mol. The minimum absolute atomic E-state index is 0.193. The summed E-state index contributed by atoms with van der Waals surface area (Å²) in [5, 5.41) is 11.6. The summed E-state index contributed by atoms with van der Waals surface area (Å²) in [6, 6.07) is 0.742. The summed E-state index contributed by atoms with van der Waals surface area (Å²) in [7, 11) is 0. The molecule has 1 atom stereocenters. The van der Waals surface area contributed by atoms with Crippen molar-refractivity contribution < 1.29 is 19.1 Å².